The number of hydrogen-bond donors (Lipinski definition) is 1. The summed E-state index contributed by atoms with van der Waals surface area (Å²) in [7, 11) is 0. The Morgan fingerprint density at radius 3 is 2.83 bits per heavy atom. The number of carbonyl (C=O) groups is 1. The molecule has 4 nitrogen and oxygen atoms in total. The number of benzene rings is 1. The van der Waals surface area contributed by atoms with Crippen molar-refractivity contribution < 1.29 is 4.79 Å². The minimum atomic E-state index is -0.0178. The quantitative estimate of drug-likeness (QED) is 0.851. The Bertz CT molecular complexity index is 593. The van der Waals surface area contributed by atoms with Gasteiger partial charge in [0.15, 0.2) is 0 Å². The van der Waals surface area contributed by atoms with Gasteiger partial charge < -0.3 is 10.6 Å². The molecule has 3 rings (SSSR count). The standard InChI is InChI=1S/C13H13N3OS/c14-12-11(7-15-18-12)13(17)16-6-5-9-3-1-2-4-10(9)8-16/h1-4,7H,5-6,8,14H2. The summed E-state index contributed by atoms with van der Waals surface area (Å²) in [4.78, 5) is 14.1. The number of anilines is 1. The van der Waals surface area contributed by atoms with Gasteiger partial charge in [-0.25, -0.2) is 0 Å². The zero-order chi connectivity index (χ0) is 12.5. The molecule has 0 atom stereocenters. The molecule has 0 saturated carbocycles. The second-order valence-corrected chi connectivity index (χ2v) is 5.18. The van der Waals surface area contributed by atoms with Crippen LogP contribution in [0, 0.1) is 0 Å². The highest BCUT2D eigenvalue weighted by Gasteiger charge is 2.23. The summed E-state index contributed by atoms with van der Waals surface area (Å²) in [6, 6.07) is 8.24. The Hall–Kier alpha value is -1.88. The number of hydrogen-bond acceptors (Lipinski definition) is 4. The van der Waals surface area contributed by atoms with E-state index in [0.717, 1.165) is 24.5 Å². The average Bonchev–Trinajstić information content (AvgIpc) is 2.83. The molecular formula is C13H13N3OS. The van der Waals surface area contributed by atoms with Crippen molar-refractivity contribution in [3.8, 4) is 0 Å². The molecule has 1 amide bonds. The molecule has 1 aliphatic rings. The normalized spacial score (nSPS) is 14.3. The first-order valence-electron chi connectivity index (χ1n) is 5.82. The molecule has 0 radical (unpaired) electrons. The van der Waals surface area contributed by atoms with Gasteiger partial charge in [0.25, 0.3) is 5.91 Å². The predicted molar refractivity (Wildman–Crippen MR) is 71.4 cm³/mol. The molecule has 92 valence electrons. The lowest BCUT2D eigenvalue weighted by Crippen LogP contribution is -2.36. The molecule has 2 aromatic rings. The second kappa shape index (κ2) is 4.42. The van der Waals surface area contributed by atoms with E-state index in [2.05, 4.69) is 16.5 Å². The highest BCUT2D eigenvalue weighted by atomic mass is 32.1. The summed E-state index contributed by atoms with van der Waals surface area (Å²) in [6.45, 7) is 1.40. The first-order valence-corrected chi connectivity index (χ1v) is 6.59. The molecule has 2 heterocycles. The Kier molecular flexibility index (Phi) is 2.76. The van der Waals surface area contributed by atoms with Crippen LogP contribution >= 0.6 is 11.5 Å². The van der Waals surface area contributed by atoms with Crippen LogP contribution in [-0.2, 0) is 13.0 Å². The fourth-order valence-corrected chi connectivity index (χ4v) is 2.76. The molecule has 1 aliphatic heterocycles. The van der Waals surface area contributed by atoms with Gasteiger partial charge in [0.1, 0.15) is 5.00 Å². The highest BCUT2D eigenvalue weighted by molar-refractivity contribution is 7.10. The molecule has 0 aliphatic carbocycles. The molecule has 0 saturated heterocycles. The fourth-order valence-electron chi connectivity index (χ4n) is 2.25. The van der Waals surface area contributed by atoms with Crippen LogP contribution in [0.4, 0.5) is 5.00 Å². The zero-order valence-electron chi connectivity index (χ0n) is 9.80. The van der Waals surface area contributed by atoms with Gasteiger partial charge in [0, 0.05) is 13.1 Å². The van der Waals surface area contributed by atoms with Crippen LogP contribution in [0.2, 0.25) is 0 Å². The molecule has 0 fully saturated rings. The van der Waals surface area contributed by atoms with Crippen molar-refractivity contribution in [1.29, 1.82) is 0 Å². The summed E-state index contributed by atoms with van der Waals surface area (Å²) in [5.41, 5.74) is 8.83. The van der Waals surface area contributed by atoms with Crippen LogP contribution in [0.3, 0.4) is 0 Å². The summed E-state index contributed by atoms with van der Waals surface area (Å²) < 4.78 is 3.95. The summed E-state index contributed by atoms with van der Waals surface area (Å²) >= 11 is 1.16. The third kappa shape index (κ3) is 1.86. The highest BCUT2D eigenvalue weighted by Crippen LogP contribution is 2.23. The molecule has 1 aromatic carbocycles. The predicted octanol–water partition coefficient (Wildman–Crippen LogP) is 1.92. The Morgan fingerprint density at radius 2 is 2.11 bits per heavy atom. The maximum atomic E-state index is 12.3. The maximum Gasteiger partial charge on any atom is 0.258 e. The van der Waals surface area contributed by atoms with E-state index in [0.29, 0.717) is 17.1 Å². The van der Waals surface area contributed by atoms with E-state index in [9.17, 15) is 4.79 Å². The Balaban J connectivity index is 1.84. The van der Waals surface area contributed by atoms with Crippen LogP contribution in [-0.4, -0.2) is 21.7 Å². The monoisotopic (exact) mass is 259 g/mol. The number of nitrogens with zero attached hydrogens (tertiary/aromatic N) is 2. The molecule has 1 aromatic heterocycles. The van der Waals surface area contributed by atoms with E-state index in [1.165, 1.54) is 11.1 Å². The van der Waals surface area contributed by atoms with Gasteiger partial charge >= 0.3 is 0 Å². The van der Waals surface area contributed by atoms with Gasteiger partial charge in [-0.05, 0) is 29.1 Å². The number of fused-ring (bicyclic) bond motifs is 1. The molecule has 5 heteroatoms. The lowest BCUT2D eigenvalue weighted by Gasteiger charge is -2.28. The SMILES string of the molecule is Nc1sncc1C(=O)N1CCc2ccccc2C1. The van der Waals surface area contributed by atoms with E-state index in [-0.39, 0.29) is 5.91 Å². The largest absolute Gasteiger partial charge is 0.389 e. The van der Waals surface area contributed by atoms with Gasteiger partial charge in [0.05, 0.1) is 11.8 Å². The van der Waals surface area contributed by atoms with E-state index >= 15 is 0 Å². The van der Waals surface area contributed by atoms with Crippen molar-refractivity contribution in [2.45, 2.75) is 13.0 Å². The van der Waals surface area contributed by atoms with E-state index in [1.807, 2.05) is 17.0 Å². The van der Waals surface area contributed by atoms with Crippen LogP contribution < -0.4 is 5.73 Å². The number of rotatable bonds is 1. The topological polar surface area (TPSA) is 59.2 Å². The van der Waals surface area contributed by atoms with E-state index < -0.39 is 0 Å². The van der Waals surface area contributed by atoms with Crippen LogP contribution in [0.15, 0.2) is 30.5 Å². The van der Waals surface area contributed by atoms with Crippen molar-refractivity contribution >= 4 is 22.4 Å². The molecular weight excluding hydrogens is 246 g/mol. The van der Waals surface area contributed by atoms with Crippen LogP contribution in [0.1, 0.15) is 21.5 Å². The zero-order valence-corrected chi connectivity index (χ0v) is 10.6. The average molecular weight is 259 g/mol. The van der Waals surface area contributed by atoms with Crippen molar-refractivity contribution in [2.24, 2.45) is 0 Å². The summed E-state index contributed by atoms with van der Waals surface area (Å²) in [5.74, 6) is -0.0178. The number of aromatic nitrogens is 1. The fraction of sp³-hybridized carbons (Fsp3) is 0.231. The van der Waals surface area contributed by atoms with Crippen LogP contribution in [0.25, 0.3) is 0 Å². The van der Waals surface area contributed by atoms with Gasteiger partial charge in [-0.15, -0.1) is 0 Å². The molecule has 0 unspecified atom stereocenters. The van der Waals surface area contributed by atoms with Crippen LogP contribution in [0.5, 0.6) is 0 Å². The molecule has 18 heavy (non-hydrogen) atoms. The van der Waals surface area contributed by atoms with Gasteiger partial charge in [0.2, 0.25) is 0 Å². The summed E-state index contributed by atoms with van der Waals surface area (Å²) in [6.07, 6.45) is 2.46. The van der Waals surface area contributed by atoms with Gasteiger partial charge in [-0.3, -0.25) is 4.79 Å². The first kappa shape index (κ1) is 11.2. The van der Waals surface area contributed by atoms with E-state index in [1.54, 1.807) is 6.20 Å². The number of carbonyl (C=O) groups excluding carboxylic acids is 1. The van der Waals surface area contributed by atoms with Crippen molar-refractivity contribution in [1.82, 2.24) is 9.27 Å². The van der Waals surface area contributed by atoms with Gasteiger partial charge in [-0.1, -0.05) is 24.3 Å². The van der Waals surface area contributed by atoms with Crippen molar-refractivity contribution in [2.75, 3.05) is 12.3 Å². The minimum absolute atomic E-state index is 0.0178. The Morgan fingerprint density at radius 1 is 1.33 bits per heavy atom. The molecule has 0 spiro atoms. The smallest absolute Gasteiger partial charge is 0.258 e. The number of nitrogen functional groups attached to an aromatic ring is 1. The lowest BCUT2D eigenvalue weighted by atomic mass is 9.99. The van der Waals surface area contributed by atoms with E-state index in [4.69, 9.17) is 5.73 Å². The second-order valence-electron chi connectivity index (χ2n) is 4.35. The third-order valence-electron chi connectivity index (χ3n) is 3.25. The summed E-state index contributed by atoms with van der Waals surface area (Å²) in [5, 5.41) is 0.499. The number of nitrogens with two attached hydrogens (primary N) is 1. The lowest BCUT2D eigenvalue weighted by molar-refractivity contribution is 0.0736. The molecule has 0 bridgehead atoms. The Labute approximate surface area is 109 Å². The maximum absolute atomic E-state index is 12.3. The van der Waals surface area contributed by atoms with Crippen molar-refractivity contribution in [3.05, 3.63) is 47.2 Å². The number of amides is 1. The van der Waals surface area contributed by atoms with Crippen molar-refractivity contribution in [3.63, 3.8) is 0 Å². The van der Waals surface area contributed by atoms with Gasteiger partial charge in [-0.2, -0.15) is 4.37 Å². The first-order chi connectivity index (χ1) is 8.75. The third-order valence-corrected chi connectivity index (χ3v) is 3.87. The minimum Gasteiger partial charge on any atom is -0.389 e. The molecule has 2 N–H and O–H groups in total.